The van der Waals surface area contributed by atoms with E-state index in [1.807, 2.05) is 18.0 Å². The van der Waals surface area contributed by atoms with E-state index in [9.17, 15) is 4.79 Å². The van der Waals surface area contributed by atoms with Crippen molar-refractivity contribution >= 4 is 17.4 Å². The van der Waals surface area contributed by atoms with Crippen LogP contribution in [0.2, 0.25) is 0 Å². The first-order valence-corrected chi connectivity index (χ1v) is 8.09. The fourth-order valence-corrected chi connectivity index (χ4v) is 3.40. The number of rotatable bonds is 5. The predicted molar refractivity (Wildman–Crippen MR) is 80.0 cm³/mol. The molecule has 1 aromatic heterocycles. The van der Waals surface area contributed by atoms with Crippen molar-refractivity contribution in [1.82, 2.24) is 15.2 Å². The molecule has 0 aromatic carbocycles. The molecule has 1 unspecified atom stereocenters. The SMILES string of the molecule is Cc1cnc(CCNC(=O)N2CCCCC2CCO)s1. The first-order chi connectivity index (χ1) is 9.70. The lowest BCUT2D eigenvalue weighted by Crippen LogP contribution is -2.49. The largest absolute Gasteiger partial charge is 0.396 e. The van der Waals surface area contributed by atoms with Crippen molar-refractivity contribution < 1.29 is 9.90 Å². The summed E-state index contributed by atoms with van der Waals surface area (Å²) >= 11 is 1.67. The van der Waals surface area contributed by atoms with Crippen molar-refractivity contribution in [2.45, 2.75) is 45.1 Å². The van der Waals surface area contributed by atoms with Gasteiger partial charge in [0.15, 0.2) is 0 Å². The molecule has 2 heterocycles. The van der Waals surface area contributed by atoms with Gasteiger partial charge < -0.3 is 15.3 Å². The monoisotopic (exact) mass is 297 g/mol. The van der Waals surface area contributed by atoms with E-state index in [4.69, 9.17) is 5.11 Å². The summed E-state index contributed by atoms with van der Waals surface area (Å²) in [6, 6.07) is 0.187. The van der Waals surface area contributed by atoms with Crippen LogP contribution in [0.25, 0.3) is 0 Å². The number of aromatic nitrogens is 1. The minimum absolute atomic E-state index is 0.00331. The van der Waals surface area contributed by atoms with Crippen molar-refractivity contribution in [1.29, 1.82) is 0 Å². The van der Waals surface area contributed by atoms with Crippen LogP contribution in [0.5, 0.6) is 0 Å². The number of likely N-dealkylation sites (tertiary alicyclic amines) is 1. The van der Waals surface area contributed by atoms with Gasteiger partial charge in [0, 0.05) is 43.2 Å². The molecule has 1 aliphatic rings. The molecule has 5 nitrogen and oxygen atoms in total. The van der Waals surface area contributed by atoms with E-state index in [1.165, 1.54) is 4.88 Å². The zero-order valence-electron chi connectivity index (χ0n) is 12.0. The van der Waals surface area contributed by atoms with Crippen molar-refractivity contribution in [3.63, 3.8) is 0 Å². The minimum Gasteiger partial charge on any atom is -0.396 e. The summed E-state index contributed by atoms with van der Waals surface area (Å²) in [6.07, 6.45) is 6.53. The number of aliphatic hydroxyl groups is 1. The number of hydrogen-bond donors (Lipinski definition) is 2. The summed E-state index contributed by atoms with van der Waals surface area (Å²) < 4.78 is 0. The third kappa shape index (κ3) is 4.18. The lowest BCUT2D eigenvalue weighted by molar-refractivity contribution is 0.132. The normalized spacial score (nSPS) is 19.1. The van der Waals surface area contributed by atoms with Gasteiger partial charge in [-0.3, -0.25) is 0 Å². The average Bonchev–Trinajstić information content (AvgIpc) is 2.85. The maximum Gasteiger partial charge on any atom is 0.317 e. The number of aliphatic hydroxyl groups excluding tert-OH is 1. The molecule has 20 heavy (non-hydrogen) atoms. The van der Waals surface area contributed by atoms with Crippen LogP contribution < -0.4 is 5.32 Å². The summed E-state index contributed by atoms with van der Waals surface area (Å²) in [5.41, 5.74) is 0. The third-order valence-electron chi connectivity index (χ3n) is 3.63. The van der Waals surface area contributed by atoms with Gasteiger partial charge in [-0.05, 0) is 32.6 Å². The van der Waals surface area contributed by atoms with Crippen LogP contribution in [-0.4, -0.2) is 46.8 Å². The van der Waals surface area contributed by atoms with Gasteiger partial charge in [0.1, 0.15) is 0 Å². The van der Waals surface area contributed by atoms with Crippen LogP contribution in [0.3, 0.4) is 0 Å². The number of carbonyl (C=O) groups is 1. The van der Waals surface area contributed by atoms with Crippen LogP contribution in [0.1, 0.15) is 35.6 Å². The van der Waals surface area contributed by atoms with Crippen molar-refractivity contribution in [3.05, 3.63) is 16.1 Å². The molecule has 2 rings (SSSR count). The Labute approximate surface area is 124 Å². The Morgan fingerprint density at radius 1 is 1.60 bits per heavy atom. The van der Waals surface area contributed by atoms with Crippen LogP contribution in [0.4, 0.5) is 4.79 Å². The van der Waals surface area contributed by atoms with Gasteiger partial charge in [0.2, 0.25) is 0 Å². The lowest BCUT2D eigenvalue weighted by Gasteiger charge is -2.35. The standard InChI is InChI=1S/C14H23N3O2S/c1-11-10-16-13(20-11)5-7-15-14(19)17-8-3-2-4-12(17)6-9-18/h10,12,18H,2-9H2,1H3,(H,15,19). The molecule has 1 saturated heterocycles. The van der Waals surface area contributed by atoms with Crippen molar-refractivity contribution in [2.75, 3.05) is 19.7 Å². The first kappa shape index (κ1) is 15.3. The molecular formula is C14H23N3O2S. The minimum atomic E-state index is -0.00331. The number of aryl methyl sites for hydroxylation is 1. The summed E-state index contributed by atoms with van der Waals surface area (Å²) in [4.78, 5) is 19.6. The first-order valence-electron chi connectivity index (χ1n) is 7.27. The second-order valence-electron chi connectivity index (χ2n) is 5.20. The van der Waals surface area contributed by atoms with Crippen LogP contribution in [0.15, 0.2) is 6.20 Å². The number of nitrogens with one attached hydrogen (secondary N) is 1. The highest BCUT2D eigenvalue weighted by Crippen LogP contribution is 2.19. The van der Waals surface area contributed by atoms with Gasteiger partial charge in [-0.15, -0.1) is 11.3 Å². The third-order valence-corrected chi connectivity index (χ3v) is 4.61. The maximum atomic E-state index is 12.2. The molecular weight excluding hydrogens is 274 g/mol. The average molecular weight is 297 g/mol. The van der Waals surface area contributed by atoms with Crippen molar-refractivity contribution in [2.24, 2.45) is 0 Å². The second kappa shape index (κ2) is 7.59. The molecule has 0 spiro atoms. The highest BCUT2D eigenvalue weighted by molar-refractivity contribution is 7.11. The van der Waals surface area contributed by atoms with E-state index in [-0.39, 0.29) is 18.7 Å². The molecule has 1 atom stereocenters. The van der Waals surface area contributed by atoms with Gasteiger partial charge in [-0.2, -0.15) is 0 Å². The van der Waals surface area contributed by atoms with Crippen LogP contribution >= 0.6 is 11.3 Å². The fraction of sp³-hybridized carbons (Fsp3) is 0.714. The van der Waals surface area contributed by atoms with Crippen LogP contribution in [-0.2, 0) is 6.42 Å². The molecule has 0 bridgehead atoms. The zero-order chi connectivity index (χ0) is 14.4. The Bertz CT molecular complexity index is 434. The fourth-order valence-electron chi connectivity index (χ4n) is 2.61. The Hall–Kier alpha value is -1.14. The maximum absolute atomic E-state index is 12.2. The van der Waals surface area contributed by atoms with Crippen LogP contribution in [0, 0.1) is 6.92 Å². The van der Waals surface area contributed by atoms with E-state index in [0.717, 1.165) is 37.2 Å². The van der Waals surface area contributed by atoms with Crippen molar-refractivity contribution in [3.8, 4) is 0 Å². The number of piperidine rings is 1. The lowest BCUT2D eigenvalue weighted by atomic mass is 10.0. The molecule has 2 N–H and O–H groups in total. The second-order valence-corrected chi connectivity index (χ2v) is 6.52. The highest BCUT2D eigenvalue weighted by atomic mass is 32.1. The Kier molecular flexibility index (Phi) is 5.79. The zero-order valence-corrected chi connectivity index (χ0v) is 12.8. The number of hydrogen-bond acceptors (Lipinski definition) is 4. The molecule has 112 valence electrons. The van der Waals surface area contributed by atoms with E-state index in [2.05, 4.69) is 10.3 Å². The highest BCUT2D eigenvalue weighted by Gasteiger charge is 2.25. The van der Waals surface area contributed by atoms with Gasteiger partial charge in [-0.25, -0.2) is 9.78 Å². The van der Waals surface area contributed by atoms with E-state index in [0.29, 0.717) is 13.0 Å². The van der Waals surface area contributed by atoms with Gasteiger partial charge in [0.05, 0.1) is 5.01 Å². The molecule has 6 heteroatoms. The molecule has 1 fully saturated rings. The Morgan fingerprint density at radius 3 is 3.15 bits per heavy atom. The van der Waals surface area contributed by atoms with Gasteiger partial charge in [-0.1, -0.05) is 0 Å². The summed E-state index contributed by atoms with van der Waals surface area (Å²) in [6.45, 7) is 3.60. The number of urea groups is 1. The van der Waals surface area contributed by atoms with Gasteiger partial charge in [0.25, 0.3) is 0 Å². The molecule has 1 aliphatic heterocycles. The number of thiazole rings is 1. The number of nitrogens with zero attached hydrogens (tertiary/aromatic N) is 2. The summed E-state index contributed by atoms with van der Waals surface area (Å²) in [5.74, 6) is 0. The van der Waals surface area contributed by atoms with Gasteiger partial charge >= 0.3 is 6.03 Å². The smallest absolute Gasteiger partial charge is 0.317 e. The predicted octanol–water partition coefficient (Wildman–Crippen LogP) is 1.94. The Morgan fingerprint density at radius 2 is 2.45 bits per heavy atom. The van der Waals surface area contributed by atoms with E-state index >= 15 is 0 Å². The van der Waals surface area contributed by atoms with E-state index in [1.54, 1.807) is 11.3 Å². The quantitative estimate of drug-likeness (QED) is 0.873. The summed E-state index contributed by atoms with van der Waals surface area (Å²) in [7, 11) is 0. The topological polar surface area (TPSA) is 65.5 Å². The molecule has 0 radical (unpaired) electrons. The summed E-state index contributed by atoms with van der Waals surface area (Å²) in [5, 5.41) is 13.1. The number of amides is 2. The molecule has 0 aliphatic carbocycles. The number of carbonyl (C=O) groups excluding carboxylic acids is 1. The Balaban J connectivity index is 1.77. The molecule has 2 amide bonds. The molecule has 0 saturated carbocycles. The van der Waals surface area contributed by atoms with E-state index < -0.39 is 0 Å². The molecule has 1 aromatic rings.